The Morgan fingerprint density at radius 2 is 2.17 bits per heavy atom. The summed E-state index contributed by atoms with van der Waals surface area (Å²) in [5.41, 5.74) is 0.110. The van der Waals surface area contributed by atoms with Crippen LogP contribution in [0.4, 0.5) is 13.2 Å². The summed E-state index contributed by atoms with van der Waals surface area (Å²) in [5, 5.41) is 3.37. The average Bonchev–Trinajstić information content (AvgIpc) is 2.65. The van der Waals surface area contributed by atoms with E-state index in [0.29, 0.717) is 5.92 Å². The Morgan fingerprint density at radius 1 is 1.33 bits per heavy atom. The van der Waals surface area contributed by atoms with Crippen molar-refractivity contribution in [2.75, 3.05) is 13.1 Å². The van der Waals surface area contributed by atoms with E-state index >= 15 is 0 Å². The summed E-state index contributed by atoms with van der Waals surface area (Å²) >= 11 is 0. The van der Waals surface area contributed by atoms with Crippen LogP contribution in [-0.2, 0) is 11.6 Å². The molecule has 1 aliphatic heterocycles. The van der Waals surface area contributed by atoms with Crippen molar-refractivity contribution in [1.82, 2.24) is 10.3 Å². The first-order chi connectivity index (χ1) is 8.50. The van der Waals surface area contributed by atoms with Crippen molar-refractivity contribution in [1.29, 1.82) is 0 Å². The van der Waals surface area contributed by atoms with Gasteiger partial charge in [-0.15, -0.1) is 0 Å². The Labute approximate surface area is 104 Å². The lowest BCUT2D eigenvalue weighted by Gasteiger charge is -2.33. The maximum absolute atomic E-state index is 12.5. The largest absolute Gasteiger partial charge is 0.417 e. The van der Waals surface area contributed by atoms with Crippen LogP contribution in [0, 0.1) is 5.92 Å². The van der Waals surface area contributed by atoms with Crippen molar-refractivity contribution < 1.29 is 13.2 Å². The van der Waals surface area contributed by atoms with Crippen LogP contribution in [0.15, 0.2) is 18.3 Å². The molecule has 1 aromatic heterocycles. The molecule has 1 aromatic rings. The predicted octanol–water partition coefficient (Wildman–Crippen LogP) is 2.74. The minimum absolute atomic E-state index is 0.0347. The first kappa shape index (κ1) is 12.0. The Hall–Kier alpha value is -1.10. The van der Waals surface area contributed by atoms with Crippen LogP contribution in [0.1, 0.15) is 30.5 Å². The van der Waals surface area contributed by atoms with Gasteiger partial charge < -0.3 is 5.32 Å². The highest BCUT2D eigenvalue weighted by Gasteiger charge is 2.44. The monoisotopic (exact) mass is 256 g/mol. The maximum atomic E-state index is 12.5. The van der Waals surface area contributed by atoms with Crippen molar-refractivity contribution in [2.24, 2.45) is 5.92 Å². The number of fused-ring (bicyclic) bond motifs is 2. The average molecular weight is 256 g/mol. The van der Waals surface area contributed by atoms with E-state index in [1.807, 2.05) is 0 Å². The van der Waals surface area contributed by atoms with E-state index in [4.69, 9.17) is 0 Å². The standard InChI is InChI=1S/C13H15F3N2/c14-13(15,16)10-1-2-11(18-7-10)12-4-3-9(5-12)6-17-8-12/h1-2,7,9,17H,3-6,8H2. The van der Waals surface area contributed by atoms with Gasteiger partial charge in [0.2, 0.25) is 0 Å². The van der Waals surface area contributed by atoms with Crippen molar-refractivity contribution in [3.8, 4) is 0 Å². The molecule has 2 unspecified atom stereocenters. The number of hydrogen-bond acceptors (Lipinski definition) is 2. The summed E-state index contributed by atoms with van der Waals surface area (Å²) in [7, 11) is 0. The molecule has 1 saturated carbocycles. The van der Waals surface area contributed by atoms with Crippen molar-refractivity contribution in [3.05, 3.63) is 29.6 Å². The molecule has 0 spiro atoms. The molecule has 1 N–H and O–H groups in total. The number of piperidine rings is 1. The maximum Gasteiger partial charge on any atom is 0.417 e. The summed E-state index contributed by atoms with van der Waals surface area (Å²) < 4.78 is 37.5. The fourth-order valence-corrected chi connectivity index (χ4v) is 3.29. The quantitative estimate of drug-likeness (QED) is 0.835. The van der Waals surface area contributed by atoms with Gasteiger partial charge in [-0.25, -0.2) is 0 Å². The van der Waals surface area contributed by atoms with Gasteiger partial charge in [0.25, 0.3) is 0 Å². The molecule has 0 aromatic carbocycles. The number of rotatable bonds is 1. The summed E-state index contributed by atoms with van der Waals surface area (Å²) in [6.07, 6.45) is -0.102. The highest BCUT2D eigenvalue weighted by Crippen LogP contribution is 2.45. The second kappa shape index (κ2) is 3.95. The second-order valence-corrected chi connectivity index (χ2v) is 5.45. The lowest BCUT2D eigenvalue weighted by atomic mass is 9.79. The van der Waals surface area contributed by atoms with E-state index in [9.17, 15) is 13.2 Å². The van der Waals surface area contributed by atoms with Crippen LogP contribution in [0.5, 0.6) is 0 Å². The van der Waals surface area contributed by atoms with E-state index in [1.54, 1.807) is 6.07 Å². The topological polar surface area (TPSA) is 24.9 Å². The third-order valence-corrected chi connectivity index (χ3v) is 4.24. The number of pyridine rings is 1. The first-order valence-electron chi connectivity index (χ1n) is 6.24. The zero-order valence-electron chi connectivity index (χ0n) is 9.93. The molecule has 2 nitrogen and oxygen atoms in total. The van der Waals surface area contributed by atoms with E-state index in [-0.39, 0.29) is 5.41 Å². The van der Waals surface area contributed by atoms with Gasteiger partial charge in [-0.1, -0.05) is 0 Å². The minimum Gasteiger partial charge on any atom is -0.316 e. The molecular weight excluding hydrogens is 241 g/mol. The smallest absolute Gasteiger partial charge is 0.316 e. The van der Waals surface area contributed by atoms with Crippen LogP contribution in [0.25, 0.3) is 0 Å². The summed E-state index contributed by atoms with van der Waals surface area (Å²) in [6, 6.07) is 2.71. The van der Waals surface area contributed by atoms with Gasteiger partial charge in [-0.2, -0.15) is 13.2 Å². The molecule has 2 bridgehead atoms. The molecule has 5 heteroatoms. The van der Waals surface area contributed by atoms with Crippen LogP contribution in [0.3, 0.4) is 0 Å². The van der Waals surface area contributed by atoms with Gasteiger partial charge in [0.1, 0.15) is 0 Å². The number of nitrogens with one attached hydrogen (secondary N) is 1. The highest BCUT2D eigenvalue weighted by atomic mass is 19.4. The molecule has 1 aliphatic carbocycles. The fraction of sp³-hybridized carbons (Fsp3) is 0.615. The second-order valence-electron chi connectivity index (χ2n) is 5.45. The van der Waals surface area contributed by atoms with E-state index in [2.05, 4.69) is 10.3 Å². The summed E-state index contributed by atoms with van der Waals surface area (Å²) in [5.74, 6) is 0.655. The Balaban J connectivity index is 1.89. The first-order valence-corrected chi connectivity index (χ1v) is 6.24. The number of hydrogen-bond donors (Lipinski definition) is 1. The molecule has 2 fully saturated rings. The summed E-state index contributed by atoms with van der Waals surface area (Å²) in [4.78, 5) is 4.08. The molecule has 3 rings (SSSR count). The Kier molecular flexibility index (Phi) is 2.62. The molecule has 18 heavy (non-hydrogen) atoms. The van der Waals surface area contributed by atoms with E-state index in [1.165, 1.54) is 0 Å². The molecule has 2 heterocycles. The van der Waals surface area contributed by atoms with Gasteiger partial charge in [-0.05, 0) is 43.9 Å². The molecule has 98 valence electrons. The van der Waals surface area contributed by atoms with Gasteiger partial charge in [0.15, 0.2) is 0 Å². The zero-order chi connectivity index (χ0) is 12.8. The molecule has 0 radical (unpaired) electrons. The zero-order valence-corrected chi connectivity index (χ0v) is 9.93. The van der Waals surface area contributed by atoms with Crippen LogP contribution >= 0.6 is 0 Å². The number of halogens is 3. The van der Waals surface area contributed by atoms with E-state index in [0.717, 1.165) is 50.3 Å². The lowest BCUT2D eigenvalue weighted by Crippen LogP contribution is -2.42. The molecule has 2 aliphatic rings. The van der Waals surface area contributed by atoms with Gasteiger partial charge in [-0.3, -0.25) is 4.98 Å². The van der Waals surface area contributed by atoms with Crippen molar-refractivity contribution >= 4 is 0 Å². The molecular formula is C13H15F3N2. The SMILES string of the molecule is FC(F)(F)c1ccc(C23CCC(CNC2)C3)nc1. The number of aromatic nitrogens is 1. The molecule has 0 amide bonds. The number of alkyl halides is 3. The van der Waals surface area contributed by atoms with Gasteiger partial charge in [0, 0.05) is 23.9 Å². The highest BCUT2D eigenvalue weighted by molar-refractivity contribution is 5.26. The van der Waals surface area contributed by atoms with Crippen LogP contribution in [0.2, 0.25) is 0 Å². The van der Waals surface area contributed by atoms with Crippen LogP contribution < -0.4 is 5.32 Å². The third kappa shape index (κ3) is 1.90. The third-order valence-electron chi connectivity index (χ3n) is 4.24. The molecule has 1 saturated heterocycles. The van der Waals surface area contributed by atoms with Crippen LogP contribution in [-0.4, -0.2) is 18.1 Å². The summed E-state index contributed by atoms with van der Waals surface area (Å²) in [6.45, 7) is 1.87. The van der Waals surface area contributed by atoms with E-state index < -0.39 is 11.7 Å². The number of nitrogens with zero attached hydrogens (tertiary/aromatic N) is 1. The van der Waals surface area contributed by atoms with Crippen molar-refractivity contribution in [2.45, 2.75) is 30.9 Å². The lowest BCUT2D eigenvalue weighted by molar-refractivity contribution is -0.137. The minimum atomic E-state index is -4.30. The molecule has 2 atom stereocenters. The van der Waals surface area contributed by atoms with Gasteiger partial charge >= 0.3 is 6.18 Å². The predicted molar refractivity (Wildman–Crippen MR) is 61.1 cm³/mol. The van der Waals surface area contributed by atoms with Gasteiger partial charge in [0.05, 0.1) is 5.56 Å². The Morgan fingerprint density at radius 3 is 2.83 bits per heavy atom. The van der Waals surface area contributed by atoms with Crippen molar-refractivity contribution in [3.63, 3.8) is 0 Å². The fourth-order valence-electron chi connectivity index (χ4n) is 3.29. The normalized spacial score (nSPS) is 31.6. The Bertz CT molecular complexity index is 437.